The van der Waals surface area contributed by atoms with E-state index in [1.54, 1.807) is 7.11 Å². The van der Waals surface area contributed by atoms with Crippen molar-refractivity contribution in [2.45, 2.75) is 82.1 Å². The summed E-state index contributed by atoms with van der Waals surface area (Å²) in [4.78, 5) is 20.0. The van der Waals surface area contributed by atoms with Gasteiger partial charge in [-0.25, -0.2) is 4.79 Å². The molecular formula is C17H28F3NO8. The smallest absolute Gasteiger partial charge is 0.475 e. The number of esters is 1. The number of aliphatic carboxylic acids is 1. The van der Waals surface area contributed by atoms with Gasteiger partial charge in [-0.1, -0.05) is 6.42 Å². The lowest BCUT2D eigenvalue weighted by atomic mass is 9.99. The number of carbonyl (C=O) groups excluding carboxylic acids is 1. The van der Waals surface area contributed by atoms with Crippen LogP contribution in [-0.4, -0.2) is 73.9 Å². The summed E-state index contributed by atoms with van der Waals surface area (Å²) < 4.78 is 59.3. The number of carboxylic acid groups (broad SMARTS) is 1. The van der Waals surface area contributed by atoms with Crippen molar-refractivity contribution in [1.82, 2.24) is 0 Å². The highest BCUT2D eigenvalue weighted by Crippen LogP contribution is 2.39. The van der Waals surface area contributed by atoms with Gasteiger partial charge in [-0.2, -0.15) is 13.2 Å². The Hall–Kier alpha value is -1.47. The third kappa shape index (κ3) is 7.70. The van der Waals surface area contributed by atoms with Crippen LogP contribution < -0.4 is 5.73 Å². The lowest BCUT2D eigenvalue weighted by Gasteiger charge is -2.28. The maximum Gasteiger partial charge on any atom is 0.490 e. The summed E-state index contributed by atoms with van der Waals surface area (Å²) in [6.07, 6.45) is -3.57. The molecule has 170 valence electrons. The summed E-state index contributed by atoms with van der Waals surface area (Å²) in [5.74, 6) is -3.62. The monoisotopic (exact) mass is 431 g/mol. The van der Waals surface area contributed by atoms with Crippen LogP contribution in [0.15, 0.2) is 0 Å². The zero-order chi connectivity index (χ0) is 22.4. The quantitative estimate of drug-likeness (QED) is 0.456. The largest absolute Gasteiger partial charge is 0.490 e. The van der Waals surface area contributed by atoms with Crippen molar-refractivity contribution in [2.75, 3.05) is 14.2 Å². The molecule has 0 radical (unpaired) electrons. The number of alkyl halides is 3. The van der Waals surface area contributed by atoms with E-state index in [9.17, 15) is 18.0 Å². The van der Waals surface area contributed by atoms with E-state index in [0.29, 0.717) is 6.42 Å². The SMILES string of the molecule is COC(=O)CCCC[C@H](N)[C@H]1O[C@@H]2OC(C)(C)O[C@@H]2[C@H]1OC.O=C(O)C(F)(F)F. The molecule has 2 fully saturated rings. The molecule has 0 aromatic rings. The summed E-state index contributed by atoms with van der Waals surface area (Å²) >= 11 is 0. The molecule has 3 N–H and O–H groups in total. The van der Waals surface area contributed by atoms with E-state index in [1.807, 2.05) is 13.8 Å². The molecule has 9 nitrogen and oxygen atoms in total. The fourth-order valence-electron chi connectivity index (χ4n) is 3.03. The number of ether oxygens (including phenoxy) is 5. The van der Waals surface area contributed by atoms with Gasteiger partial charge in [0.1, 0.15) is 18.3 Å². The standard InChI is InChI=1S/C15H27NO6.C2HF3O2/c1-15(2)21-13-12(19-4)11(20-14(13)22-15)9(16)7-5-6-8-10(17)18-3;3-2(4,5)1(6)7/h9,11-14H,5-8,16H2,1-4H3;(H,6,7)/t9-,11+,12-,13+,14+;/m0./s1. The zero-order valence-corrected chi connectivity index (χ0v) is 16.7. The van der Waals surface area contributed by atoms with E-state index < -0.39 is 24.2 Å². The molecule has 2 heterocycles. The van der Waals surface area contributed by atoms with Gasteiger partial charge in [0.25, 0.3) is 0 Å². The van der Waals surface area contributed by atoms with Gasteiger partial charge in [-0.05, 0) is 26.7 Å². The molecule has 0 bridgehead atoms. The molecule has 0 unspecified atom stereocenters. The van der Waals surface area contributed by atoms with Crippen molar-refractivity contribution in [1.29, 1.82) is 0 Å². The molecule has 0 aliphatic carbocycles. The minimum atomic E-state index is -5.08. The fraction of sp³-hybridized carbons (Fsp3) is 0.882. The first-order valence-corrected chi connectivity index (χ1v) is 8.98. The van der Waals surface area contributed by atoms with Crippen molar-refractivity contribution in [3.63, 3.8) is 0 Å². The Morgan fingerprint density at radius 1 is 1.21 bits per heavy atom. The molecule has 29 heavy (non-hydrogen) atoms. The predicted molar refractivity (Wildman–Crippen MR) is 91.6 cm³/mol. The number of hydrogen-bond donors (Lipinski definition) is 2. The summed E-state index contributed by atoms with van der Waals surface area (Å²) in [5.41, 5.74) is 6.23. The van der Waals surface area contributed by atoms with Crippen LogP contribution >= 0.6 is 0 Å². The van der Waals surface area contributed by atoms with Gasteiger partial charge in [-0.3, -0.25) is 4.79 Å². The molecule has 0 amide bonds. The van der Waals surface area contributed by atoms with Gasteiger partial charge in [0.15, 0.2) is 12.1 Å². The number of nitrogens with two attached hydrogens (primary N) is 1. The molecule has 2 aliphatic heterocycles. The highest BCUT2D eigenvalue weighted by molar-refractivity contribution is 5.73. The number of halogens is 3. The van der Waals surface area contributed by atoms with Crippen LogP contribution in [0.5, 0.6) is 0 Å². The average molecular weight is 431 g/mol. The highest BCUT2D eigenvalue weighted by Gasteiger charge is 2.56. The van der Waals surface area contributed by atoms with Crippen LogP contribution in [-0.2, 0) is 33.3 Å². The molecular weight excluding hydrogens is 403 g/mol. The predicted octanol–water partition coefficient (Wildman–Crippen LogP) is 1.57. The molecule has 2 saturated heterocycles. The Morgan fingerprint density at radius 2 is 1.79 bits per heavy atom. The van der Waals surface area contributed by atoms with Gasteiger partial charge in [0, 0.05) is 19.6 Å². The van der Waals surface area contributed by atoms with Crippen molar-refractivity contribution < 1.29 is 51.6 Å². The van der Waals surface area contributed by atoms with Crippen LogP contribution in [0.3, 0.4) is 0 Å². The van der Waals surface area contributed by atoms with Crippen molar-refractivity contribution in [3.05, 3.63) is 0 Å². The zero-order valence-electron chi connectivity index (χ0n) is 16.7. The second-order valence-electron chi connectivity index (χ2n) is 7.06. The van der Waals surface area contributed by atoms with Crippen molar-refractivity contribution in [2.24, 2.45) is 5.73 Å². The van der Waals surface area contributed by atoms with E-state index in [-0.39, 0.29) is 30.3 Å². The number of methoxy groups -OCH3 is 2. The molecule has 5 atom stereocenters. The van der Waals surface area contributed by atoms with E-state index in [1.165, 1.54) is 7.11 Å². The lowest BCUT2D eigenvalue weighted by Crippen LogP contribution is -2.46. The van der Waals surface area contributed by atoms with Crippen molar-refractivity contribution >= 4 is 11.9 Å². The molecule has 2 aliphatic rings. The maximum absolute atomic E-state index is 11.1. The van der Waals surface area contributed by atoms with Crippen molar-refractivity contribution in [3.8, 4) is 0 Å². The third-order valence-corrected chi connectivity index (χ3v) is 4.36. The van der Waals surface area contributed by atoms with Gasteiger partial charge >= 0.3 is 18.1 Å². The van der Waals surface area contributed by atoms with Crippen LogP contribution in [0.25, 0.3) is 0 Å². The molecule has 0 saturated carbocycles. The third-order valence-electron chi connectivity index (χ3n) is 4.36. The minimum absolute atomic E-state index is 0.191. The van der Waals surface area contributed by atoms with E-state index in [0.717, 1.165) is 19.3 Å². The molecule has 0 spiro atoms. The second kappa shape index (κ2) is 10.5. The Morgan fingerprint density at radius 3 is 2.28 bits per heavy atom. The first kappa shape index (κ1) is 25.6. The highest BCUT2D eigenvalue weighted by atomic mass is 19.4. The number of fused-ring (bicyclic) bond motifs is 1. The summed E-state index contributed by atoms with van der Waals surface area (Å²) in [6, 6.07) is -0.191. The normalized spacial score (nSPS) is 28.8. The number of carboxylic acids is 1. The van der Waals surface area contributed by atoms with E-state index >= 15 is 0 Å². The number of rotatable bonds is 7. The van der Waals surface area contributed by atoms with Gasteiger partial charge in [0.2, 0.25) is 0 Å². The average Bonchev–Trinajstić information content (AvgIpc) is 3.09. The first-order chi connectivity index (χ1) is 13.3. The van der Waals surface area contributed by atoms with Gasteiger partial charge < -0.3 is 34.5 Å². The molecule has 0 aromatic heterocycles. The Labute approximate surface area is 166 Å². The minimum Gasteiger partial charge on any atom is -0.475 e. The van der Waals surface area contributed by atoms with E-state index in [4.69, 9.17) is 34.6 Å². The fourth-order valence-corrected chi connectivity index (χ4v) is 3.03. The summed E-state index contributed by atoms with van der Waals surface area (Å²) in [6.45, 7) is 3.70. The van der Waals surface area contributed by atoms with Crippen LogP contribution in [0.1, 0.15) is 39.5 Å². The molecule has 2 rings (SSSR count). The lowest BCUT2D eigenvalue weighted by molar-refractivity contribution is -0.219. The topological polar surface area (TPSA) is 127 Å². The number of carbonyl (C=O) groups is 2. The summed E-state index contributed by atoms with van der Waals surface area (Å²) in [5, 5.41) is 7.12. The Kier molecular flexibility index (Phi) is 9.28. The number of unbranched alkanes of at least 4 members (excludes halogenated alkanes) is 1. The van der Waals surface area contributed by atoms with Crippen LogP contribution in [0.2, 0.25) is 0 Å². The van der Waals surface area contributed by atoms with Crippen LogP contribution in [0.4, 0.5) is 13.2 Å². The first-order valence-electron chi connectivity index (χ1n) is 8.98. The number of hydrogen-bond acceptors (Lipinski definition) is 8. The van der Waals surface area contributed by atoms with Gasteiger partial charge in [-0.15, -0.1) is 0 Å². The van der Waals surface area contributed by atoms with E-state index in [2.05, 4.69) is 4.74 Å². The second-order valence-corrected chi connectivity index (χ2v) is 7.06. The van der Waals surface area contributed by atoms with Crippen LogP contribution in [0, 0.1) is 0 Å². The summed E-state index contributed by atoms with van der Waals surface area (Å²) in [7, 11) is 3.02. The molecule has 12 heteroatoms. The Balaban J connectivity index is 0.000000516. The molecule has 0 aromatic carbocycles. The van der Waals surface area contributed by atoms with Gasteiger partial charge in [0.05, 0.1) is 7.11 Å². The maximum atomic E-state index is 11.1. The Bertz CT molecular complexity index is 557.